The lowest BCUT2D eigenvalue weighted by Gasteiger charge is -2.33. The molecule has 0 radical (unpaired) electrons. The molecule has 0 spiro atoms. The molecule has 1 aliphatic heterocycles. The lowest BCUT2D eigenvalue weighted by molar-refractivity contribution is -0.117. The van der Waals surface area contributed by atoms with Gasteiger partial charge in [0.15, 0.2) is 5.82 Å². The SMILES string of the molecule is Cc1noc(CN2CCN(CC(=O)Nc3cccc(C)c3C)CC2)n1. The largest absolute Gasteiger partial charge is 0.338 e. The molecule has 0 unspecified atom stereocenters. The molecule has 2 heterocycles. The fourth-order valence-electron chi connectivity index (χ4n) is 2.98. The average molecular weight is 343 g/mol. The highest BCUT2D eigenvalue weighted by Gasteiger charge is 2.20. The smallest absolute Gasteiger partial charge is 0.240 e. The van der Waals surface area contributed by atoms with Crippen molar-refractivity contribution < 1.29 is 9.32 Å². The Morgan fingerprint density at radius 3 is 2.56 bits per heavy atom. The summed E-state index contributed by atoms with van der Waals surface area (Å²) < 4.78 is 5.17. The molecule has 1 aliphatic rings. The summed E-state index contributed by atoms with van der Waals surface area (Å²) in [5, 5.41) is 6.84. The Kier molecular flexibility index (Phi) is 5.45. The molecule has 0 bridgehead atoms. The van der Waals surface area contributed by atoms with Crippen LogP contribution in [0, 0.1) is 20.8 Å². The Morgan fingerprint density at radius 2 is 1.88 bits per heavy atom. The highest BCUT2D eigenvalue weighted by atomic mass is 16.5. The van der Waals surface area contributed by atoms with Crippen LogP contribution in [0.5, 0.6) is 0 Å². The lowest BCUT2D eigenvalue weighted by atomic mass is 10.1. The summed E-state index contributed by atoms with van der Waals surface area (Å²) in [6.07, 6.45) is 0. The number of benzene rings is 1. The van der Waals surface area contributed by atoms with Gasteiger partial charge in [-0.3, -0.25) is 14.6 Å². The third kappa shape index (κ3) is 4.64. The molecular formula is C18H25N5O2. The second kappa shape index (κ2) is 7.76. The predicted molar refractivity (Wildman–Crippen MR) is 95.3 cm³/mol. The molecule has 134 valence electrons. The maximum atomic E-state index is 12.3. The van der Waals surface area contributed by atoms with Gasteiger partial charge in [0.1, 0.15) is 0 Å². The van der Waals surface area contributed by atoms with E-state index in [1.807, 2.05) is 26.0 Å². The molecule has 1 N–H and O–H groups in total. The highest BCUT2D eigenvalue weighted by molar-refractivity contribution is 5.93. The van der Waals surface area contributed by atoms with Crippen molar-refractivity contribution in [2.24, 2.45) is 0 Å². The van der Waals surface area contributed by atoms with Gasteiger partial charge in [0, 0.05) is 31.9 Å². The van der Waals surface area contributed by atoms with Gasteiger partial charge < -0.3 is 9.84 Å². The summed E-state index contributed by atoms with van der Waals surface area (Å²) >= 11 is 0. The third-order valence-corrected chi connectivity index (χ3v) is 4.64. The van der Waals surface area contributed by atoms with E-state index < -0.39 is 0 Å². The topological polar surface area (TPSA) is 74.5 Å². The molecule has 0 atom stereocenters. The van der Waals surface area contributed by atoms with Crippen molar-refractivity contribution >= 4 is 11.6 Å². The Balaban J connectivity index is 1.45. The molecule has 0 saturated carbocycles. The Morgan fingerprint density at radius 1 is 1.16 bits per heavy atom. The average Bonchev–Trinajstić information content (AvgIpc) is 2.99. The number of rotatable bonds is 5. The van der Waals surface area contributed by atoms with Gasteiger partial charge in [0.2, 0.25) is 11.8 Å². The molecule has 0 aliphatic carbocycles. The number of amides is 1. The summed E-state index contributed by atoms with van der Waals surface area (Å²) in [7, 11) is 0. The number of carbonyl (C=O) groups is 1. The maximum absolute atomic E-state index is 12.3. The summed E-state index contributed by atoms with van der Waals surface area (Å²) in [5.41, 5.74) is 3.20. The van der Waals surface area contributed by atoms with Gasteiger partial charge in [-0.15, -0.1) is 0 Å². The molecule has 7 heteroatoms. The van der Waals surface area contributed by atoms with Gasteiger partial charge in [0.05, 0.1) is 13.1 Å². The number of aryl methyl sites for hydroxylation is 2. The molecular weight excluding hydrogens is 318 g/mol. The fourth-order valence-corrected chi connectivity index (χ4v) is 2.98. The standard InChI is InChI=1S/C18H25N5O2/c1-13-5-4-6-16(14(13)2)20-17(24)11-22-7-9-23(10-8-22)12-18-19-15(3)21-25-18/h4-6H,7-12H2,1-3H3,(H,20,24). The molecule has 1 aromatic heterocycles. The molecule has 2 aromatic rings. The summed E-state index contributed by atoms with van der Waals surface area (Å²) in [6.45, 7) is 10.5. The van der Waals surface area contributed by atoms with E-state index in [1.165, 1.54) is 5.56 Å². The number of piperazine rings is 1. The highest BCUT2D eigenvalue weighted by Crippen LogP contribution is 2.18. The van der Waals surface area contributed by atoms with Crippen molar-refractivity contribution in [2.45, 2.75) is 27.3 Å². The van der Waals surface area contributed by atoms with Crippen molar-refractivity contribution in [3.63, 3.8) is 0 Å². The first-order valence-electron chi connectivity index (χ1n) is 8.61. The van der Waals surface area contributed by atoms with Crippen LogP contribution in [0.15, 0.2) is 22.7 Å². The Bertz CT molecular complexity index is 735. The molecule has 3 rings (SSSR count). The van der Waals surface area contributed by atoms with Gasteiger partial charge in [-0.25, -0.2) is 0 Å². The van der Waals surface area contributed by atoms with Crippen molar-refractivity contribution in [3.8, 4) is 0 Å². The summed E-state index contributed by atoms with van der Waals surface area (Å²) in [5.74, 6) is 1.35. The fraction of sp³-hybridized carbons (Fsp3) is 0.500. The number of nitrogens with zero attached hydrogens (tertiary/aromatic N) is 4. The van der Waals surface area contributed by atoms with Gasteiger partial charge >= 0.3 is 0 Å². The number of nitrogens with one attached hydrogen (secondary N) is 1. The van der Waals surface area contributed by atoms with Crippen LogP contribution in [-0.4, -0.2) is 58.6 Å². The molecule has 1 saturated heterocycles. The van der Waals surface area contributed by atoms with Gasteiger partial charge in [-0.2, -0.15) is 4.98 Å². The zero-order chi connectivity index (χ0) is 17.8. The van der Waals surface area contributed by atoms with Crippen molar-refractivity contribution in [2.75, 3.05) is 38.0 Å². The van der Waals surface area contributed by atoms with Crippen LogP contribution in [0.2, 0.25) is 0 Å². The first kappa shape index (κ1) is 17.6. The predicted octanol–water partition coefficient (Wildman–Crippen LogP) is 1.75. The number of hydrogen-bond donors (Lipinski definition) is 1. The summed E-state index contributed by atoms with van der Waals surface area (Å²) in [6, 6.07) is 5.97. The van der Waals surface area contributed by atoms with E-state index in [0.29, 0.717) is 24.8 Å². The van der Waals surface area contributed by atoms with Gasteiger partial charge in [-0.1, -0.05) is 17.3 Å². The number of carbonyl (C=O) groups excluding carboxylic acids is 1. The van der Waals surface area contributed by atoms with E-state index >= 15 is 0 Å². The van der Waals surface area contributed by atoms with Crippen LogP contribution < -0.4 is 5.32 Å². The van der Waals surface area contributed by atoms with Crippen molar-refractivity contribution in [3.05, 3.63) is 41.0 Å². The zero-order valence-corrected chi connectivity index (χ0v) is 15.1. The van der Waals surface area contributed by atoms with E-state index in [2.05, 4.69) is 38.2 Å². The van der Waals surface area contributed by atoms with Crippen LogP contribution >= 0.6 is 0 Å². The molecule has 25 heavy (non-hydrogen) atoms. The normalized spacial score (nSPS) is 16.1. The lowest BCUT2D eigenvalue weighted by Crippen LogP contribution is -2.48. The third-order valence-electron chi connectivity index (χ3n) is 4.64. The first-order valence-corrected chi connectivity index (χ1v) is 8.61. The van der Waals surface area contributed by atoms with E-state index in [1.54, 1.807) is 0 Å². The minimum atomic E-state index is 0.0367. The van der Waals surface area contributed by atoms with E-state index in [9.17, 15) is 4.79 Å². The second-order valence-electron chi connectivity index (χ2n) is 6.58. The number of anilines is 1. The second-order valence-corrected chi connectivity index (χ2v) is 6.58. The van der Waals surface area contributed by atoms with Crippen LogP contribution in [0.25, 0.3) is 0 Å². The van der Waals surface area contributed by atoms with Crippen LogP contribution in [0.1, 0.15) is 22.8 Å². The van der Waals surface area contributed by atoms with E-state index in [-0.39, 0.29) is 5.91 Å². The van der Waals surface area contributed by atoms with Crippen LogP contribution in [0.3, 0.4) is 0 Å². The molecule has 1 aromatic carbocycles. The monoisotopic (exact) mass is 343 g/mol. The van der Waals surface area contributed by atoms with E-state index in [4.69, 9.17) is 4.52 Å². The molecule has 1 fully saturated rings. The number of aromatic nitrogens is 2. The maximum Gasteiger partial charge on any atom is 0.240 e. The van der Waals surface area contributed by atoms with E-state index in [0.717, 1.165) is 37.4 Å². The zero-order valence-electron chi connectivity index (χ0n) is 15.1. The van der Waals surface area contributed by atoms with Crippen LogP contribution in [-0.2, 0) is 11.3 Å². The minimum Gasteiger partial charge on any atom is -0.338 e. The van der Waals surface area contributed by atoms with Gasteiger partial charge in [-0.05, 0) is 38.0 Å². The number of hydrogen-bond acceptors (Lipinski definition) is 6. The van der Waals surface area contributed by atoms with Crippen molar-refractivity contribution in [1.82, 2.24) is 19.9 Å². The van der Waals surface area contributed by atoms with Crippen molar-refractivity contribution in [1.29, 1.82) is 0 Å². The Hall–Kier alpha value is -2.25. The summed E-state index contributed by atoms with van der Waals surface area (Å²) in [4.78, 5) is 21.0. The molecule has 1 amide bonds. The first-order chi connectivity index (χ1) is 12.0. The molecule has 7 nitrogen and oxygen atoms in total. The minimum absolute atomic E-state index is 0.0367. The Labute approximate surface area is 148 Å². The van der Waals surface area contributed by atoms with Gasteiger partial charge in [0.25, 0.3) is 0 Å². The van der Waals surface area contributed by atoms with Crippen LogP contribution in [0.4, 0.5) is 5.69 Å². The quantitative estimate of drug-likeness (QED) is 0.891.